The molecule has 0 aromatic heterocycles. The summed E-state index contributed by atoms with van der Waals surface area (Å²) in [6.45, 7) is 8.15. The van der Waals surface area contributed by atoms with Crippen molar-refractivity contribution in [2.75, 3.05) is 0 Å². The van der Waals surface area contributed by atoms with E-state index in [1.165, 1.54) is 11.1 Å². The lowest BCUT2D eigenvalue weighted by atomic mass is 10.0. The zero-order valence-corrected chi connectivity index (χ0v) is 15.0. The normalized spacial score (nSPS) is 14.7. The summed E-state index contributed by atoms with van der Waals surface area (Å²) in [5.74, 6) is 0.0170. The Kier molecular flexibility index (Phi) is 6.56. The molecule has 0 aliphatic carbocycles. The summed E-state index contributed by atoms with van der Waals surface area (Å²) in [6, 6.07) is 18.5. The number of nitrogens with one attached hydrogen (secondary N) is 2. The van der Waals surface area contributed by atoms with Gasteiger partial charge in [-0.25, -0.2) is 0 Å². The minimum atomic E-state index is -0.253. The predicted molar refractivity (Wildman–Crippen MR) is 99.8 cm³/mol. The Hall–Kier alpha value is -2.13. The van der Waals surface area contributed by atoms with Crippen molar-refractivity contribution < 1.29 is 4.79 Å². The van der Waals surface area contributed by atoms with Gasteiger partial charge in [0.1, 0.15) is 0 Å². The molecule has 3 nitrogen and oxygen atoms in total. The number of carbonyl (C=O) groups is 1. The van der Waals surface area contributed by atoms with Gasteiger partial charge in [0.2, 0.25) is 5.91 Å². The summed E-state index contributed by atoms with van der Waals surface area (Å²) in [7, 11) is 0. The number of amides is 1. The molecule has 1 amide bonds. The van der Waals surface area contributed by atoms with Gasteiger partial charge in [0, 0.05) is 6.04 Å². The number of hydrogen-bond acceptors (Lipinski definition) is 2. The molecular formula is C21H28N2O. The third kappa shape index (κ3) is 4.93. The lowest BCUT2D eigenvalue weighted by molar-refractivity contribution is -0.123. The van der Waals surface area contributed by atoms with Crippen molar-refractivity contribution in [1.82, 2.24) is 10.6 Å². The van der Waals surface area contributed by atoms with Gasteiger partial charge in [-0.1, -0.05) is 61.5 Å². The Morgan fingerprint density at radius 3 is 2.04 bits per heavy atom. The zero-order valence-electron chi connectivity index (χ0n) is 15.0. The minimum absolute atomic E-state index is 0.00194. The lowest BCUT2D eigenvalue weighted by Crippen LogP contribution is -2.43. The second-order valence-corrected chi connectivity index (χ2v) is 6.35. The van der Waals surface area contributed by atoms with Crippen LogP contribution in [0.3, 0.4) is 0 Å². The van der Waals surface area contributed by atoms with Gasteiger partial charge in [-0.15, -0.1) is 0 Å². The second kappa shape index (κ2) is 8.65. The van der Waals surface area contributed by atoms with Gasteiger partial charge in [0.15, 0.2) is 0 Å². The van der Waals surface area contributed by atoms with Crippen LogP contribution in [0.1, 0.15) is 56.5 Å². The fourth-order valence-corrected chi connectivity index (χ4v) is 2.75. The molecule has 2 N–H and O–H groups in total. The van der Waals surface area contributed by atoms with Crippen molar-refractivity contribution in [2.24, 2.45) is 0 Å². The summed E-state index contributed by atoms with van der Waals surface area (Å²) in [6.07, 6.45) is 1.04. The van der Waals surface area contributed by atoms with Crippen LogP contribution in [0.2, 0.25) is 0 Å². The van der Waals surface area contributed by atoms with E-state index < -0.39 is 0 Å². The molecule has 0 bridgehead atoms. The second-order valence-electron chi connectivity index (χ2n) is 6.35. The maximum atomic E-state index is 12.4. The predicted octanol–water partition coefficient (Wildman–Crippen LogP) is 4.17. The number of rotatable bonds is 7. The fraction of sp³-hybridized carbons (Fsp3) is 0.381. The Labute approximate surface area is 145 Å². The van der Waals surface area contributed by atoms with Crippen molar-refractivity contribution in [2.45, 2.75) is 52.2 Å². The summed E-state index contributed by atoms with van der Waals surface area (Å²) in [5, 5.41) is 6.45. The highest BCUT2D eigenvalue weighted by Crippen LogP contribution is 2.15. The number of carbonyl (C=O) groups excluding carboxylic acids is 1. The van der Waals surface area contributed by atoms with Crippen LogP contribution in [0, 0.1) is 0 Å². The molecule has 0 aliphatic rings. The average molecular weight is 324 g/mol. The highest BCUT2D eigenvalue weighted by atomic mass is 16.2. The first kappa shape index (κ1) is 18.2. The Balaban J connectivity index is 1.90. The molecule has 0 radical (unpaired) electrons. The van der Waals surface area contributed by atoms with Crippen LogP contribution < -0.4 is 10.6 Å². The van der Waals surface area contributed by atoms with Gasteiger partial charge in [-0.05, 0) is 43.9 Å². The van der Waals surface area contributed by atoms with Gasteiger partial charge < -0.3 is 5.32 Å². The van der Waals surface area contributed by atoms with Gasteiger partial charge in [-0.2, -0.15) is 0 Å². The van der Waals surface area contributed by atoms with Gasteiger partial charge in [0.05, 0.1) is 12.1 Å². The summed E-state index contributed by atoms with van der Waals surface area (Å²) in [4.78, 5) is 12.4. The van der Waals surface area contributed by atoms with Crippen LogP contribution in [-0.4, -0.2) is 11.9 Å². The van der Waals surface area contributed by atoms with Crippen LogP contribution in [0.4, 0.5) is 0 Å². The molecule has 0 spiro atoms. The van der Waals surface area contributed by atoms with E-state index in [0.29, 0.717) is 0 Å². The van der Waals surface area contributed by atoms with Crippen LogP contribution in [0.15, 0.2) is 54.6 Å². The Morgan fingerprint density at radius 2 is 1.46 bits per heavy atom. The highest BCUT2D eigenvalue weighted by molar-refractivity contribution is 5.81. The quantitative estimate of drug-likeness (QED) is 0.803. The fourth-order valence-electron chi connectivity index (χ4n) is 2.75. The molecule has 24 heavy (non-hydrogen) atoms. The van der Waals surface area contributed by atoms with E-state index in [9.17, 15) is 4.79 Å². The third-order valence-corrected chi connectivity index (χ3v) is 4.44. The van der Waals surface area contributed by atoms with Crippen molar-refractivity contribution in [3.8, 4) is 0 Å². The van der Waals surface area contributed by atoms with E-state index >= 15 is 0 Å². The van der Waals surface area contributed by atoms with E-state index in [0.717, 1.165) is 12.0 Å². The molecule has 3 atom stereocenters. The third-order valence-electron chi connectivity index (χ3n) is 4.44. The molecule has 2 rings (SSSR count). The topological polar surface area (TPSA) is 41.1 Å². The van der Waals surface area contributed by atoms with E-state index in [4.69, 9.17) is 0 Å². The molecule has 0 aliphatic heterocycles. The molecule has 128 valence electrons. The molecule has 0 fully saturated rings. The molecule has 3 unspecified atom stereocenters. The van der Waals surface area contributed by atoms with E-state index in [2.05, 4.69) is 48.7 Å². The first-order valence-corrected chi connectivity index (χ1v) is 8.71. The van der Waals surface area contributed by atoms with Gasteiger partial charge in [0.25, 0.3) is 0 Å². The van der Waals surface area contributed by atoms with Crippen molar-refractivity contribution in [3.05, 3.63) is 71.3 Å². The summed E-state index contributed by atoms with van der Waals surface area (Å²) < 4.78 is 0. The average Bonchev–Trinajstić information content (AvgIpc) is 2.62. The Morgan fingerprint density at radius 1 is 0.875 bits per heavy atom. The van der Waals surface area contributed by atoms with Crippen LogP contribution in [0.25, 0.3) is 0 Å². The molecule has 0 saturated carbocycles. The van der Waals surface area contributed by atoms with Crippen molar-refractivity contribution in [1.29, 1.82) is 0 Å². The molecule has 0 saturated heterocycles. The maximum Gasteiger partial charge on any atom is 0.237 e. The molecule has 2 aromatic rings. The molecule has 2 aromatic carbocycles. The zero-order chi connectivity index (χ0) is 17.5. The monoisotopic (exact) mass is 324 g/mol. The summed E-state index contributed by atoms with van der Waals surface area (Å²) >= 11 is 0. The van der Waals surface area contributed by atoms with Crippen LogP contribution in [0.5, 0.6) is 0 Å². The highest BCUT2D eigenvalue weighted by Gasteiger charge is 2.18. The smallest absolute Gasteiger partial charge is 0.237 e. The van der Waals surface area contributed by atoms with Crippen molar-refractivity contribution >= 4 is 5.91 Å². The summed E-state index contributed by atoms with van der Waals surface area (Å²) in [5.41, 5.74) is 3.64. The maximum absolute atomic E-state index is 12.4. The van der Waals surface area contributed by atoms with Crippen molar-refractivity contribution in [3.63, 3.8) is 0 Å². The molecule has 3 heteroatoms. The van der Waals surface area contributed by atoms with Crippen LogP contribution in [-0.2, 0) is 11.2 Å². The Bertz CT molecular complexity index is 637. The van der Waals surface area contributed by atoms with Gasteiger partial charge in [-0.3, -0.25) is 10.1 Å². The lowest BCUT2D eigenvalue weighted by Gasteiger charge is -2.22. The first-order valence-electron chi connectivity index (χ1n) is 8.71. The molecule has 0 heterocycles. The number of benzene rings is 2. The van der Waals surface area contributed by atoms with Crippen LogP contribution >= 0.6 is 0 Å². The van der Waals surface area contributed by atoms with E-state index in [-0.39, 0.29) is 24.0 Å². The number of aryl methyl sites for hydroxylation is 1. The van der Waals surface area contributed by atoms with E-state index in [1.807, 2.05) is 44.2 Å². The number of hydrogen-bond donors (Lipinski definition) is 2. The molecular weight excluding hydrogens is 296 g/mol. The standard InChI is InChI=1S/C21H28N2O/c1-5-18-11-13-20(14-12-18)15(2)22-17(4)21(24)23-16(3)19-9-7-6-8-10-19/h6-17,22H,5H2,1-4H3,(H,23,24). The SMILES string of the molecule is CCc1ccc(C(C)NC(C)C(=O)NC(C)c2ccccc2)cc1. The van der Waals surface area contributed by atoms with E-state index in [1.54, 1.807) is 0 Å². The minimum Gasteiger partial charge on any atom is -0.348 e. The first-order chi connectivity index (χ1) is 11.5. The largest absolute Gasteiger partial charge is 0.348 e. The van der Waals surface area contributed by atoms with Gasteiger partial charge >= 0.3 is 0 Å².